The summed E-state index contributed by atoms with van der Waals surface area (Å²) in [6.07, 6.45) is 0. The monoisotopic (exact) mass is 466 g/mol. The van der Waals surface area contributed by atoms with Gasteiger partial charge in [-0.25, -0.2) is 8.42 Å². The van der Waals surface area contributed by atoms with Crippen molar-refractivity contribution < 1.29 is 90.2 Å². The summed E-state index contributed by atoms with van der Waals surface area (Å²) in [7, 11) is -9.75. The van der Waals surface area contributed by atoms with Crippen LogP contribution in [0, 0.1) is 6.92 Å². The molecule has 0 amide bonds. The Morgan fingerprint density at radius 3 is 2.17 bits per heavy atom. The Balaban J connectivity index is 0.00000225. The molecule has 3 aromatic rings. The van der Waals surface area contributed by atoms with Crippen LogP contribution >= 0.6 is 0 Å². The van der Waals surface area contributed by atoms with Crippen molar-refractivity contribution in [1.29, 1.82) is 0 Å². The zero-order valence-corrected chi connectivity index (χ0v) is 21.9. The molecule has 0 fully saturated rings. The van der Waals surface area contributed by atoms with Gasteiger partial charge in [0.2, 0.25) is 0 Å². The second-order valence-electron chi connectivity index (χ2n) is 5.90. The predicted octanol–water partition coefficient (Wildman–Crippen LogP) is -3.20. The molecule has 0 bridgehead atoms. The minimum Gasteiger partial charge on any atom is -0.870 e. The van der Waals surface area contributed by atoms with E-state index in [1.54, 1.807) is 18.2 Å². The largest absolute Gasteiger partial charge is 1.00 e. The molecule has 3 rings (SSSR count). The van der Waals surface area contributed by atoms with Crippen LogP contribution in [0.5, 0.6) is 5.75 Å². The Hall–Kier alpha value is -0.860. The van der Waals surface area contributed by atoms with E-state index in [0.717, 1.165) is 29.8 Å². The van der Waals surface area contributed by atoms with Crippen molar-refractivity contribution in [2.45, 2.75) is 16.7 Å². The molecule has 0 heterocycles. The van der Waals surface area contributed by atoms with E-state index in [2.05, 4.69) is 10.2 Å². The maximum Gasteiger partial charge on any atom is 1.00 e. The molecule has 0 aliphatic rings. The smallest absolute Gasteiger partial charge is 0.870 e. The van der Waals surface area contributed by atoms with E-state index in [9.17, 15) is 31.0 Å². The van der Waals surface area contributed by atoms with E-state index in [-0.39, 0.29) is 69.9 Å². The van der Waals surface area contributed by atoms with Crippen LogP contribution in [0.25, 0.3) is 10.8 Å². The van der Waals surface area contributed by atoms with E-state index in [4.69, 9.17) is 0 Å². The Kier molecular flexibility index (Phi) is 9.21. The van der Waals surface area contributed by atoms with E-state index in [1.165, 1.54) is 0 Å². The van der Waals surface area contributed by atoms with Gasteiger partial charge in [-0.2, -0.15) is 18.6 Å². The first kappa shape index (κ1) is 27.2. The summed E-state index contributed by atoms with van der Waals surface area (Å²) in [6, 6.07) is 10.6. The van der Waals surface area contributed by atoms with Crippen molar-refractivity contribution in [3.8, 4) is 5.75 Å². The van der Waals surface area contributed by atoms with Gasteiger partial charge >= 0.3 is 59.1 Å². The molecule has 0 saturated heterocycles. The first-order chi connectivity index (χ1) is 13.0. The van der Waals surface area contributed by atoms with Gasteiger partial charge in [0.25, 0.3) is 10.1 Å². The van der Waals surface area contributed by atoms with Crippen LogP contribution in [0.15, 0.2) is 68.6 Å². The second-order valence-corrected chi connectivity index (χ2v) is 8.67. The fourth-order valence-electron chi connectivity index (χ4n) is 2.57. The van der Waals surface area contributed by atoms with Crippen molar-refractivity contribution in [3.63, 3.8) is 0 Å². The first-order valence-electron chi connectivity index (χ1n) is 7.66. The summed E-state index contributed by atoms with van der Waals surface area (Å²) < 4.78 is 66.1. The van der Waals surface area contributed by atoms with E-state index < -0.39 is 41.5 Å². The molecular weight excluding hydrogens is 454 g/mol. The van der Waals surface area contributed by atoms with Crippen LogP contribution in [0.4, 0.5) is 11.4 Å². The van der Waals surface area contributed by atoms with Gasteiger partial charge in [-0.1, -0.05) is 23.9 Å². The zero-order valence-electron chi connectivity index (χ0n) is 16.2. The number of nitrogens with zero attached hydrogens (tertiary/aromatic N) is 2. The third-order valence-corrected chi connectivity index (χ3v) is 5.53. The zero-order chi connectivity index (χ0) is 20.7. The first-order valence-corrected chi connectivity index (χ1v) is 10.5. The van der Waals surface area contributed by atoms with Gasteiger partial charge in [0, 0.05) is 5.39 Å². The van der Waals surface area contributed by atoms with Gasteiger partial charge in [0.15, 0.2) is 0 Å². The van der Waals surface area contributed by atoms with Crippen molar-refractivity contribution in [3.05, 3.63) is 54.1 Å². The minimum absolute atomic E-state index is 0. The third kappa shape index (κ3) is 6.10. The van der Waals surface area contributed by atoms with Crippen LogP contribution < -0.4 is 64.2 Å². The number of benzene rings is 3. The molecular formula is C17H12N2Na2O7S2. The van der Waals surface area contributed by atoms with E-state index in [1.807, 2.05) is 13.0 Å². The van der Waals surface area contributed by atoms with Crippen LogP contribution in [0.3, 0.4) is 0 Å². The van der Waals surface area contributed by atoms with Gasteiger partial charge in [0.1, 0.15) is 10.1 Å². The molecule has 3 aromatic carbocycles. The van der Waals surface area contributed by atoms with Crippen LogP contribution in [0.1, 0.15) is 5.56 Å². The molecule has 0 unspecified atom stereocenters. The predicted molar refractivity (Wildman–Crippen MR) is 96.5 cm³/mol. The van der Waals surface area contributed by atoms with Crippen LogP contribution in [0.2, 0.25) is 0 Å². The summed E-state index contributed by atoms with van der Waals surface area (Å²) >= 11 is 0. The van der Waals surface area contributed by atoms with E-state index >= 15 is 0 Å². The van der Waals surface area contributed by atoms with E-state index in [0.29, 0.717) is 5.69 Å². The molecule has 13 heteroatoms. The topological polar surface area (TPSA) is 159 Å². The molecule has 30 heavy (non-hydrogen) atoms. The molecule has 146 valence electrons. The van der Waals surface area contributed by atoms with Crippen LogP contribution in [-0.2, 0) is 20.2 Å². The fourth-order valence-corrected chi connectivity index (χ4v) is 3.68. The Labute approximate surface area is 217 Å². The molecule has 0 spiro atoms. The molecule has 0 radical (unpaired) electrons. The molecule has 0 aromatic heterocycles. The third-order valence-electron chi connectivity index (χ3n) is 3.84. The van der Waals surface area contributed by atoms with Gasteiger partial charge in [-0.15, -0.1) is 0 Å². The normalized spacial score (nSPS) is 11.8. The van der Waals surface area contributed by atoms with Gasteiger partial charge < -0.3 is 9.66 Å². The van der Waals surface area contributed by atoms with Gasteiger partial charge in [-0.05, 0) is 48.2 Å². The SMILES string of the molecule is Cc1cccc(N=Nc2c([O-])c(S(=O)(=O)O)cc3cc(S(=O)(=O)[O-])ccc23)c1.[Na+].[Na+]. The van der Waals surface area contributed by atoms with Crippen molar-refractivity contribution in [1.82, 2.24) is 0 Å². The second kappa shape index (κ2) is 10.2. The Morgan fingerprint density at radius 2 is 1.60 bits per heavy atom. The maximum absolute atomic E-state index is 12.5. The number of rotatable bonds is 4. The molecule has 0 saturated carbocycles. The van der Waals surface area contributed by atoms with Crippen molar-refractivity contribution >= 4 is 42.4 Å². The van der Waals surface area contributed by atoms with Crippen LogP contribution in [-0.4, -0.2) is 25.9 Å². The minimum atomic E-state index is -4.93. The summed E-state index contributed by atoms with van der Waals surface area (Å²) in [5.74, 6) is -1.11. The summed E-state index contributed by atoms with van der Waals surface area (Å²) in [5, 5.41) is 20.2. The molecule has 0 atom stereocenters. The average molecular weight is 466 g/mol. The number of aryl methyl sites for hydroxylation is 1. The van der Waals surface area contributed by atoms with Crippen molar-refractivity contribution in [2.24, 2.45) is 10.2 Å². The molecule has 0 aliphatic heterocycles. The number of fused-ring (bicyclic) bond motifs is 1. The van der Waals surface area contributed by atoms with Gasteiger partial charge in [0.05, 0.1) is 21.2 Å². The summed E-state index contributed by atoms with van der Waals surface area (Å²) in [5.41, 5.74) is 0.852. The number of hydrogen-bond donors (Lipinski definition) is 1. The molecule has 9 nitrogen and oxygen atoms in total. The Morgan fingerprint density at radius 1 is 0.933 bits per heavy atom. The quantitative estimate of drug-likeness (QED) is 0.241. The average Bonchev–Trinajstić information content (AvgIpc) is 2.58. The van der Waals surface area contributed by atoms with Crippen molar-refractivity contribution in [2.75, 3.05) is 0 Å². The van der Waals surface area contributed by atoms with Gasteiger partial charge in [-0.3, -0.25) is 4.55 Å². The number of azo groups is 1. The molecule has 0 aliphatic carbocycles. The standard InChI is InChI=1S/C17H14N2O7S2.2Na/c1-10-3-2-4-12(7-10)18-19-16-14-6-5-13(27(21,22)23)8-11(14)9-15(17(16)20)28(24,25)26;;/h2-9,20H,1H3,(H,21,22,23)(H,24,25,26);;/q;2*+1/p-2. The summed E-state index contributed by atoms with van der Waals surface area (Å²) in [4.78, 5) is -1.62. The number of hydrogen-bond acceptors (Lipinski definition) is 8. The molecule has 1 N–H and O–H groups in total. The summed E-state index contributed by atoms with van der Waals surface area (Å²) in [6.45, 7) is 1.82. The fraction of sp³-hybridized carbons (Fsp3) is 0.0588. The Bertz CT molecular complexity index is 1340. The maximum atomic E-state index is 12.5.